The van der Waals surface area contributed by atoms with Crippen LogP contribution in [0.4, 0.5) is 8.78 Å². The highest BCUT2D eigenvalue weighted by molar-refractivity contribution is 14.1. The monoisotopic (exact) mass is 310 g/mol. The van der Waals surface area contributed by atoms with Gasteiger partial charge in [-0.25, -0.2) is 13.8 Å². The number of pyridine rings is 1. The number of rotatable bonds is 2. The second-order valence-electron chi connectivity index (χ2n) is 2.42. The molecule has 0 fully saturated rings. The molecule has 0 radical (unpaired) electrons. The number of alkyl halides is 2. The maximum atomic E-state index is 12.3. The highest BCUT2D eigenvalue weighted by Crippen LogP contribution is 2.24. The lowest BCUT2D eigenvalue weighted by molar-refractivity contribution is 0.144. The summed E-state index contributed by atoms with van der Waals surface area (Å²) in [5, 5.41) is 17.4. The number of aliphatic hydroxyl groups excluding tert-OH is 1. The maximum absolute atomic E-state index is 12.3. The summed E-state index contributed by atoms with van der Waals surface area (Å²) in [6.07, 6.45) is -2.69. The van der Waals surface area contributed by atoms with Gasteiger partial charge in [-0.2, -0.15) is 5.26 Å². The van der Waals surface area contributed by atoms with Gasteiger partial charge in [0, 0.05) is 3.57 Å². The zero-order valence-corrected chi connectivity index (χ0v) is 8.99. The lowest BCUT2D eigenvalue weighted by Gasteiger charge is -2.05. The van der Waals surface area contributed by atoms with E-state index in [1.165, 1.54) is 6.07 Å². The van der Waals surface area contributed by atoms with Crippen molar-refractivity contribution in [1.82, 2.24) is 4.98 Å². The Kier molecular flexibility index (Phi) is 3.71. The fraction of sp³-hybridized carbons (Fsp3) is 0.250. The molecule has 3 nitrogen and oxygen atoms in total. The molecule has 1 N–H and O–H groups in total. The van der Waals surface area contributed by atoms with E-state index in [0.717, 1.165) is 0 Å². The minimum absolute atomic E-state index is 0.0109. The van der Waals surface area contributed by atoms with Crippen molar-refractivity contribution in [2.45, 2.75) is 13.0 Å². The molecule has 1 aromatic rings. The average Bonchev–Trinajstić information content (AvgIpc) is 2.16. The van der Waals surface area contributed by atoms with Gasteiger partial charge in [-0.15, -0.1) is 0 Å². The fourth-order valence-corrected chi connectivity index (χ4v) is 1.58. The third-order valence-corrected chi connectivity index (χ3v) is 2.42. The summed E-state index contributed by atoms with van der Waals surface area (Å²) in [6, 6.07) is 3.07. The first-order valence-electron chi connectivity index (χ1n) is 3.58. The average molecular weight is 310 g/mol. The van der Waals surface area contributed by atoms with Crippen molar-refractivity contribution in [3.63, 3.8) is 0 Å². The largest absolute Gasteiger partial charge is 0.390 e. The van der Waals surface area contributed by atoms with Crippen molar-refractivity contribution in [1.29, 1.82) is 5.26 Å². The van der Waals surface area contributed by atoms with Crippen LogP contribution >= 0.6 is 22.6 Å². The normalized spacial score (nSPS) is 10.3. The number of aliphatic hydroxyl groups is 1. The van der Waals surface area contributed by atoms with E-state index in [1.54, 1.807) is 28.7 Å². The van der Waals surface area contributed by atoms with E-state index in [2.05, 4.69) is 4.98 Å². The van der Waals surface area contributed by atoms with Gasteiger partial charge in [0.1, 0.15) is 11.8 Å². The number of hydrogen-bond donors (Lipinski definition) is 1. The third kappa shape index (κ3) is 2.16. The molecule has 74 valence electrons. The van der Waals surface area contributed by atoms with Gasteiger partial charge >= 0.3 is 0 Å². The van der Waals surface area contributed by atoms with Crippen LogP contribution < -0.4 is 0 Å². The SMILES string of the molecule is N#Cc1cc(I)c(C(F)F)nc1CO. The molecule has 0 aromatic carbocycles. The molecule has 0 aliphatic heterocycles. The number of nitrogens with zero attached hydrogens (tertiary/aromatic N) is 2. The van der Waals surface area contributed by atoms with Gasteiger partial charge < -0.3 is 5.11 Å². The Morgan fingerprint density at radius 2 is 2.29 bits per heavy atom. The Morgan fingerprint density at radius 3 is 2.71 bits per heavy atom. The smallest absolute Gasteiger partial charge is 0.281 e. The molecule has 0 saturated heterocycles. The summed E-state index contributed by atoms with van der Waals surface area (Å²) >= 11 is 1.68. The van der Waals surface area contributed by atoms with Gasteiger partial charge in [-0.3, -0.25) is 0 Å². The highest BCUT2D eigenvalue weighted by Gasteiger charge is 2.16. The molecule has 0 spiro atoms. The van der Waals surface area contributed by atoms with E-state index in [-0.39, 0.29) is 14.8 Å². The van der Waals surface area contributed by atoms with Crippen molar-refractivity contribution in [3.05, 3.63) is 26.6 Å². The van der Waals surface area contributed by atoms with E-state index in [9.17, 15) is 8.78 Å². The van der Waals surface area contributed by atoms with Crippen molar-refractivity contribution < 1.29 is 13.9 Å². The molecule has 1 heterocycles. The number of hydrogen-bond acceptors (Lipinski definition) is 3. The summed E-state index contributed by atoms with van der Waals surface area (Å²) in [6.45, 7) is -0.514. The molecule has 14 heavy (non-hydrogen) atoms. The molecule has 0 unspecified atom stereocenters. The molecular weight excluding hydrogens is 305 g/mol. The van der Waals surface area contributed by atoms with Crippen molar-refractivity contribution in [3.8, 4) is 6.07 Å². The van der Waals surface area contributed by atoms with Crippen LogP contribution in [0.1, 0.15) is 23.4 Å². The predicted octanol–water partition coefficient (Wildman–Crippen LogP) is 1.99. The number of aromatic nitrogens is 1. The second-order valence-corrected chi connectivity index (χ2v) is 3.58. The Bertz CT molecular complexity index is 389. The molecule has 0 aliphatic carbocycles. The Balaban J connectivity index is 3.32. The van der Waals surface area contributed by atoms with Gasteiger partial charge in [0.05, 0.1) is 17.9 Å². The van der Waals surface area contributed by atoms with Crippen LogP contribution in [0.2, 0.25) is 0 Å². The van der Waals surface area contributed by atoms with Gasteiger partial charge in [0.15, 0.2) is 0 Å². The van der Waals surface area contributed by atoms with Crippen LogP contribution in [0, 0.1) is 14.9 Å². The molecule has 0 amide bonds. The lowest BCUT2D eigenvalue weighted by Crippen LogP contribution is -2.02. The fourth-order valence-electron chi connectivity index (χ4n) is 0.913. The highest BCUT2D eigenvalue weighted by atomic mass is 127. The minimum atomic E-state index is -2.69. The van der Waals surface area contributed by atoms with E-state index >= 15 is 0 Å². The summed E-state index contributed by atoms with van der Waals surface area (Å²) in [7, 11) is 0. The summed E-state index contributed by atoms with van der Waals surface area (Å²) < 4.78 is 24.9. The van der Waals surface area contributed by atoms with Gasteiger partial charge in [-0.1, -0.05) is 0 Å². The number of nitriles is 1. The van der Waals surface area contributed by atoms with Crippen molar-refractivity contribution >= 4 is 22.6 Å². The molecule has 0 bridgehead atoms. The van der Waals surface area contributed by atoms with Crippen LogP contribution in [0.15, 0.2) is 6.07 Å². The van der Waals surface area contributed by atoms with E-state index < -0.39 is 18.7 Å². The van der Waals surface area contributed by atoms with Crippen molar-refractivity contribution in [2.75, 3.05) is 0 Å². The summed E-state index contributed by atoms with van der Waals surface area (Å²) in [5.74, 6) is 0. The Labute approximate surface area is 92.5 Å². The van der Waals surface area contributed by atoms with Gasteiger partial charge in [-0.05, 0) is 28.7 Å². The third-order valence-electron chi connectivity index (χ3n) is 1.56. The predicted molar refractivity (Wildman–Crippen MR) is 52.5 cm³/mol. The standard InChI is InChI=1S/C8H5F2IN2O/c9-8(10)7-5(11)1-4(2-12)6(3-14)13-7/h1,8,14H,3H2. The van der Waals surface area contributed by atoms with E-state index in [0.29, 0.717) is 0 Å². The van der Waals surface area contributed by atoms with Gasteiger partial charge in [0.2, 0.25) is 0 Å². The Morgan fingerprint density at radius 1 is 1.64 bits per heavy atom. The molecule has 1 rings (SSSR count). The summed E-state index contributed by atoms with van der Waals surface area (Å²) in [5.41, 5.74) is -0.279. The van der Waals surface area contributed by atoms with Crippen LogP contribution in [-0.4, -0.2) is 10.1 Å². The quantitative estimate of drug-likeness (QED) is 0.850. The second kappa shape index (κ2) is 4.61. The maximum Gasteiger partial charge on any atom is 0.281 e. The molecule has 0 atom stereocenters. The molecule has 1 aromatic heterocycles. The molecule has 6 heteroatoms. The summed E-state index contributed by atoms with van der Waals surface area (Å²) in [4.78, 5) is 3.53. The van der Waals surface area contributed by atoms with Crippen LogP contribution in [0.25, 0.3) is 0 Å². The van der Waals surface area contributed by atoms with E-state index in [4.69, 9.17) is 10.4 Å². The van der Waals surface area contributed by atoms with Crippen LogP contribution in [0.5, 0.6) is 0 Å². The first-order chi connectivity index (χ1) is 6.60. The molecular formula is C8H5F2IN2O. The van der Waals surface area contributed by atoms with Crippen LogP contribution in [-0.2, 0) is 6.61 Å². The first-order valence-corrected chi connectivity index (χ1v) is 4.66. The van der Waals surface area contributed by atoms with Crippen LogP contribution in [0.3, 0.4) is 0 Å². The number of halogens is 3. The lowest BCUT2D eigenvalue weighted by atomic mass is 10.2. The van der Waals surface area contributed by atoms with E-state index in [1.807, 2.05) is 0 Å². The topological polar surface area (TPSA) is 56.9 Å². The molecule has 0 aliphatic rings. The Hall–Kier alpha value is -0.810. The van der Waals surface area contributed by atoms with Gasteiger partial charge in [0.25, 0.3) is 6.43 Å². The minimum Gasteiger partial charge on any atom is -0.390 e. The molecule has 0 saturated carbocycles. The first kappa shape index (κ1) is 11.3. The zero-order chi connectivity index (χ0) is 10.7. The van der Waals surface area contributed by atoms with Crippen molar-refractivity contribution in [2.24, 2.45) is 0 Å². The zero-order valence-electron chi connectivity index (χ0n) is 6.84.